The summed E-state index contributed by atoms with van der Waals surface area (Å²) >= 11 is 0. The monoisotopic (exact) mass is 482 g/mol. The number of nitrogens with two attached hydrogens (primary N) is 2. The summed E-state index contributed by atoms with van der Waals surface area (Å²) in [5.74, 6) is -0.656. The molecule has 186 valence electrons. The largest absolute Gasteiger partial charge is 0.444 e. The van der Waals surface area contributed by atoms with Crippen molar-refractivity contribution in [2.75, 3.05) is 13.1 Å². The van der Waals surface area contributed by atoms with Gasteiger partial charge in [-0.15, -0.1) is 0 Å². The van der Waals surface area contributed by atoms with Crippen molar-refractivity contribution in [3.8, 4) is 11.4 Å². The molecule has 1 aliphatic rings. The van der Waals surface area contributed by atoms with Crippen LogP contribution in [-0.4, -0.2) is 46.4 Å². The van der Waals surface area contributed by atoms with Crippen molar-refractivity contribution in [3.63, 3.8) is 0 Å². The fourth-order valence-corrected chi connectivity index (χ4v) is 3.57. The van der Waals surface area contributed by atoms with Crippen molar-refractivity contribution in [2.45, 2.75) is 52.1 Å². The van der Waals surface area contributed by atoms with Crippen LogP contribution in [-0.2, 0) is 16.0 Å². The Labute approximate surface area is 203 Å². The number of hydrogen-bond acceptors (Lipinski definition) is 7. The zero-order chi connectivity index (χ0) is 25.6. The fourth-order valence-electron chi connectivity index (χ4n) is 3.57. The highest BCUT2D eigenvalue weighted by atomic mass is 19.1. The van der Waals surface area contributed by atoms with E-state index in [1.165, 1.54) is 12.1 Å². The molecule has 0 unspecified atom stereocenters. The average molecular weight is 483 g/mol. The van der Waals surface area contributed by atoms with Gasteiger partial charge in [0.1, 0.15) is 17.1 Å². The number of carbonyl (C=O) groups excluding carboxylic acids is 2. The van der Waals surface area contributed by atoms with Gasteiger partial charge < -0.3 is 21.5 Å². The Hall–Kier alpha value is -3.82. The number of nitrogens with one attached hydrogen (secondary N) is 1. The molecule has 0 spiro atoms. The van der Waals surface area contributed by atoms with Gasteiger partial charge in [0.05, 0.1) is 11.4 Å². The molecule has 0 fully saturated rings. The van der Waals surface area contributed by atoms with E-state index in [0.717, 1.165) is 5.56 Å². The van der Waals surface area contributed by atoms with E-state index in [1.54, 1.807) is 39.1 Å². The third kappa shape index (κ3) is 7.08. The van der Waals surface area contributed by atoms with Crippen LogP contribution in [0.15, 0.2) is 46.7 Å². The van der Waals surface area contributed by atoms with Crippen LogP contribution >= 0.6 is 0 Å². The molecular formula is C25H31FN6O3. The van der Waals surface area contributed by atoms with Gasteiger partial charge in [-0.3, -0.25) is 9.79 Å². The van der Waals surface area contributed by atoms with Crippen LogP contribution in [0, 0.1) is 5.82 Å². The number of aliphatic imine (C=N–C) groups is 1. The van der Waals surface area contributed by atoms with Gasteiger partial charge in [-0.2, -0.15) is 0 Å². The molecule has 1 heterocycles. The van der Waals surface area contributed by atoms with E-state index in [1.807, 2.05) is 0 Å². The van der Waals surface area contributed by atoms with E-state index in [4.69, 9.17) is 21.2 Å². The maximum Gasteiger partial charge on any atom is 0.407 e. The minimum atomic E-state index is -0.717. The molecular weight excluding hydrogens is 451 g/mol. The molecule has 0 radical (unpaired) electrons. The summed E-state index contributed by atoms with van der Waals surface area (Å²) in [7, 11) is 0. The highest BCUT2D eigenvalue weighted by Gasteiger charge is 2.26. The lowest BCUT2D eigenvalue weighted by Crippen LogP contribution is -2.33. The van der Waals surface area contributed by atoms with Gasteiger partial charge in [-0.05, 0) is 76.3 Å². The summed E-state index contributed by atoms with van der Waals surface area (Å²) in [5.41, 5.74) is 14.1. The number of alkyl carbamates (subject to hydrolysis) is 1. The summed E-state index contributed by atoms with van der Waals surface area (Å²) in [6.45, 7) is 6.28. The second kappa shape index (κ2) is 11.1. The predicted octanol–water partition coefficient (Wildman–Crippen LogP) is 3.02. The maximum atomic E-state index is 13.3. The van der Waals surface area contributed by atoms with Crippen molar-refractivity contribution in [1.82, 2.24) is 15.3 Å². The van der Waals surface area contributed by atoms with Gasteiger partial charge in [0.15, 0.2) is 5.82 Å². The van der Waals surface area contributed by atoms with E-state index in [2.05, 4.69) is 15.3 Å². The Balaban J connectivity index is 1.79. The molecule has 0 bridgehead atoms. The van der Waals surface area contributed by atoms with Crippen LogP contribution in [0.1, 0.15) is 51.3 Å². The maximum absolute atomic E-state index is 13.3. The number of hydrogen-bond donors (Lipinski definition) is 3. The van der Waals surface area contributed by atoms with E-state index in [-0.39, 0.29) is 11.5 Å². The van der Waals surface area contributed by atoms with Crippen molar-refractivity contribution < 1.29 is 18.7 Å². The first-order valence-electron chi connectivity index (χ1n) is 11.5. The lowest BCUT2D eigenvalue weighted by molar-refractivity contribution is -0.114. The number of amides is 2. The molecule has 35 heavy (non-hydrogen) atoms. The van der Waals surface area contributed by atoms with Crippen LogP contribution < -0.4 is 16.8 Å². The molecule has 2 amide bonds. The molecule has 9 nitrogen and oxygen atoms in total. The summed E-state index contributed by atoms with van der Waals surface area (Å²) < 4.78 is 18.6. The molecule has 1 aliphatic carbocycles. The number of carbonyl (C=O) groups is 2. The molecule has 0 saturated carbocycles. The third-order valence-corrected chi connectivity index (χ3v) is 5.24. The fraction of sp³-hybridized carbons (Fsp3) is 0.400. The molecule has 2 aromatic rings. The Morgan fingerprint density at radius 2 is 1.86 bits per heavy atom. The number of halogens is 1. The van der Waals surface area contributed by atoms with Crippen LogP contribution in [0.25, 0.3) is 11.4 Å². The number of ether oxygens (including phenoxy) is 1. The molecule has 0 aliphatic heterocycles. The summed E-state index contributed by atoms with van der Waals surface area (Å²) in [5, 5.41) is 2.72. The lowest BCUT2D eigenvalue weighted by Gasteiger charge is -2.22. The number of benzene rings is 1. The Morgan fingerprint density at radius 3 is 2.51 bits per heavy atom. The number of rotatable bonds is 7. The molecule has 0 saturated heterocycles. The molecule has 5 N–H and O–H groups in total. The number of aromatic nitrogens is 2. The van der Waals surface area contributed by atoms with Crippen LogP contribution in [0.5, 0.6) is 0 Å². The topological polar surface area (TPSA) is 146 Å². The van der Waals surface area contributed by atoms with Crippen molar-refractivity contribution >= 4 is 17.7 Å². The quantitative estimate of drug-likeness (QED) is 0.408. The Morgan fingerprint density at radius 1 is 1.14 bits per heavy atom. The SMILES string of the molecule is CC(C)(C)OC(=O)NCCCC/N=C1\C(=C(/N)C(N)=O)CCc2cnc(-c3ccc(F)cc3)nc21. The normalized spacial score (nSPS) is 15.9. The van der Waals surface area contributed by atoms with Gasteiger partial charge in [0.2, 0.25) is 0 Å². The highest BCUT2D eigenvalue weighted by Crippen LogP contribution is 2.27. The van der Waals surface area contributed by atoms with Crippen LogP contribution in [0.2, 0.25) is 0 Å². The molecule has 0 atom stereocenters. The van der Waals surface area contributed by atoms with Crippen LogP contribution in [0.3, 0.4) is 0 Å². The summed E-state index contributed by atoms with van der Waals surface area (Å²) in [4.78, 5) is 37.4. The first-order valence-corrected chi connectivity index (χ1v) is 11.5. The highest BCUT2D eigenvalue weighted by molar-refractivity contribution is 6.16. The Kier molecular flexibility index (Phi) is 8.16. The van der Waals surface area contributed by atoms with E-state index in [9.17, 15) is 14.0 Å². The van der Waals surface area contributed by atoms with Crippen molar-refractivity contribution in [2.24, 2.45) is 16.5 Å². The molecule has 10 heteroatoms. The van der Waals surface area contributed by atoms with Gasteiger partial charge in [-0.1, -0.05) is 0 Å². The first-order chi connectivity index (χ1) is 16.5. The van der Waals surface area contributed by atoms with Crippen LogP contribution in [0.4, 0.5) is 9.18 Å². The van der Waals surface area contributed by atoms with Gasteiger partial charge in [0.25, 0.3) is 5.91 Å². The summed E-state index contributed by atoms with van der Waals surface area (Å²) in [6.07, 6.45) is 3.68. The second-order valence-corrected chi connectivity index (χ2v) is 9.20. The number of allylic oxidation sites excluding steroid dienone is 1. The van der Waals surface area contributed by atoms with Gasteiger partial charge >= 0.3 is 6.09 Å². The standard InChI is InChI=1S/C25H31FN6O3/c1-25(2,3)35-24(34)30-13-5-4-12-29-21-18(19(27)22(28)33)11-8-16-14-31-23(32-20(16)21)15-6-9-17(26)10-7-15/h6-7,9-10,14H,4-5,8,11-13,27H2,1-3H3,(H2,28,33)(H,30,34)/b19-18-,29-21+. The number of nitrogens with zero attached hydrogens (tertiary/aromatic N) is 3. The number of primary amides is 1. The lowest BCUT2D eigenvalue weighted by atomic mass is 9.88. The van der Waals surface area contributed by atoms with Crippen molar-refractivity contribution in [1.29, 1.82) is 0 Å². The van der Waals surface area contributed by atoms with Crippen molar-refractivity contribution in [3.05, 3.63) is 58.8 Å². The Bertz CT molecular complexity index is 1150. The minimum Gasteiger partial charge on any atom is -0.444 e. The molecule has 1 aromatic carbocycles. The smallest absolute Gasteiger partial charge is 0.407 e. The zero-order valence-electron chi connectivity index (χ0n) is 20.2. The van der Waals surface area contributed by atoms with Gasteiger partial charge in [-0.25, -0.2) is 19.2 Å². The number of fused-ring (bicyclic) bond motifs is 1. The van der Waals surface area contributed by atoms with E-state index < -0.39 is 17.6 Å². The first kappa shape index (κ1) is 25.8. The predicted molar refractivity (Wildman–Crippen MR) is 131 cm³/mol. The van der Waals surface area contributed by atoms with E-state index in [0.29, 0.717) is 67.1 Å². The number of unbranched alkanes of at least 4 members (excludes halogenated alkanes) is 1. The minimum absolute atomic E-state index is 0.0389. The molecule has 1 aromatic heterocycles. The van der Waals surface area contributed by atoms with Gasteiger partial charge in [0, 0.05) is 30.4 Å². The summed E-state index contributed by atoms with van der Waals surface area (Å²) in [6, 6.07) is 5.88. The third-order valence-electron chi connectivity index (χ3n) is 5.24. The number of aryl methyl sites for hydroxylation is 1. The average Bonchev–Trinajstić information content (AvgIpc) is 2.79. The molecule has 3 rings (SSSR count). The second-order valence-electron chi connectivity index (χ2n) is 9.20. The zero-order valence-corrected chi connectivity index (χ0v) is 20.2. The van der Waals surface area contributed by atoms with E-state index >= 15 is 0 Å².